The largest absolute Gasteiger partial charge is 0.459 e. The standard InChI is InChI=1S/C20H21NO4/c22-19-15-24-12-11-21(19)18(13-16-7-3-1-4-8-16)20(23)25-14-17-9-5-2-6-10-17/h1-10,18H,11-15H2. The van der Waals surface area contributed by atoms with Gasteiger partial charge in [-0.3, -0.25) is 4.79 Å². The second-order valence-electron chi connectivity index (χ2n) is 5.94. The van der Waals surface area contributed by atoms with Gasteiger partial charge in [-0.25, -0.2) is 4.79 Å². The highest BCUT2D eigenvalue weighted by molar-refractivity contribution is 5.85. The molecule has 0 aliphatic carbocycles. The van der Waals surface area contributed by atoms with Crippen LogP contribution in [0.1, 0.15) is 11.1 Å². The minimum atomic E-state index is -0.637. The molecule has 25 heavy (non-hydrogen) atoms. The van der Waals surface area contributed by atoms with Gasteiger partial charge in [0.25, 0.3) is 0 Å². The van der Waals surface area contributed by atoms with Crippen molar-refractivity contribution in [2.75, 3.05) is 19.8 Å². The lowest BCUT2D eigenvalue weighted by molar-refractivity contribution is -0.161. The molecular weight excluding hydrogens is 318 g/mol. The van der Waals surface area contributed by atoms with Gasteiger partial charge in [0.2, 0.25) is 5.91 Å². The van der Waals surface area contributed by atoms with Gasteiger partial charge in [-0.1, -0.05) is 60.7 Å². The number of carbonyl (C=O) groups is 2. The molecule has 0 saturated carbocycles. The Morgan fingerprint density at radius 3 is 2.32 bits per heavy atom. The Morgan fingerprint density at radius 1 is 1.04 bits per heavy atom. The molecule has 2 aromatic carbocycles. The van der Waals surface area contributed by atoms with Crippen molar-refractivity contribution in [3.63, 3.8) is 0 Å². The molecule has 1 aliphatic rings. The predicted molar refractivity (Wildman–Crippen MR) is 92.7 cm³/mol. The monoisotopic (exact) mass is 339 g/mol. The number of ether oxygens (including phenoxy) is 2. The number of hydrogen-bond acceptors (Lipinski definition) is 4. The molecule has 5 heteroatoms. The van der Waals surface area contributed by atoms with Gasteiger partial charge < -0.3 is 14.4 Å². The highest BCUT2D eigenvalue weighted by Crippen LogP contribution is 2.15. The maximum Gasteiger partial charge on any atom is 0.329 e. The molecule has 0 aromatic heterocycles. The molecule has 1 atom stereocenters. The smallest absolute Gasteiger partial charge is 0.329 e. The molecule has 1 saturated heterocycles. The van der Waals surface area contributed by atoms with Gasteiger partial charge in [-0.05, 0) is 11.1 Å². The Morgan fingerprint density at radius 2 is 1.68 bits per heavy atom. The van der Waals surface area contributed by atoms with Crippen molar-refractivity contribution >= 4 is 11.9 Å². The number of benzene rings is 2. The molecule has 1 amide bonds. The van der Waals surface area contributed by atoms with Gasteiger partial charge >= 0.3 is 5.97 Å². The average Bonchev–Trinajstić information content (AvgIpc) is 2.66. The highest BCUT2D eigenvalue weighted by Gasteiger charge is 2.33. The Bertz CT molecular complexity index is 702. The molecule has 0 radical (unpaired) electrons. The van der Waals surface area contributed by atoms with Crippen LogP contribution in [0.4, 0.5) is 0 Å². The average molecular weight is 339 g/mol. The lowest BCUT2D eigenvalue weighted by Crippen LogP contribution is -2.52. The molecule has 1 heterocycles. The fourth-order valence-electron chi connectivity index (χ4n) is 2.84. The first-order valence-corrected chi connectivity index (χ1v) is 8.36. The molecule has 1 aliphatic heterocycles. The van der Waals surface area contributed by atoms with Crippen molar-refractivity contribution in [3.05, 3.63) is 71.8 Å². The fraction of sp³-hybridized carbons (Fsp3) is 0.300. The van der Waals surface area contributed by atoms with E-state index in [2.05, 4.69) is 0 Å². The van der Waals surface area contributed by atoms with E-state index in [1.165, 1.54) is 0 Å². The number of amides is 1. The Hall–Kier alpha value is -2.66. The first-order chi connectivity index (χ1) is 12.2. The number of nitrogens with zero attached hydrogens (tertiary/aromatic N) is 1. The third-order valence-corrected chi connectivity index (χ3v) is 4.17. The minimum absolute atomic E-state index is 0.0112. The van der Waals surface area contributed by atoms with Crippen LogP contribution in [0.15, 0.2) is 60.7 Å². The summed E-state index contributed by atoms with van der Waals surface area (Å²) < 4.78 is 10.7. The second-order valence-corrected chi connectivity index (χ2v) is 5.94. The third kappa shape index (κ3) is 4.67. The number of hydrogen-bond donors (Lipinski definition) is 0. The summed E-state index contributed by atoms with van der Waals surface area (Å²) in [6, 6.07) is 18.5. The van der Waals surface area contributed by atoms with E-state index in [0.29, 0.717) is 19.6 Å². The van der Waals surface area contributed by atoms with Crippen LogP contribution in [0.5, 0.6) is 0 Å². The highest BCUT2D eigenvalue weighted by atomic mass is 16.5. The van der Waals surface area contributed by atoms with Crippen LogP contribution in [0, 0.1) is 0 Å². The summed E-state index contributed by atoms with van der Waals surface area (Å²) in [5.41, 5.74) is 1.91. The number of esters is 1. The predicted octanol–water partition coefficient (Wildman–Crippen LogP) is 2.20. The molecular formula is C20H21NO4. The van der Waals surface area contributed by atoms with Crippen LogP contribution in [0.2, 0.25) is 0 Å². The minimum Gasteiger partial charge on any atom is -0.459 e. The lowest BCUT2D eigenvalue weighted by Gasteiger charge is -2.33. The molecule has 1 fully saturated rings. The fourth-order valence-corrected chi connectivity index (χ4v) is 2.84. The SMILES string of the molecule is O=C(OCc1ccccc1)C(Cc1ccccc1)N1CCOCC1=O. The Kier molecular flexibility index (Phi) is 5.80. The van der Waals surface area contributed by atoms with Crippen molar-refractivity contribution < 1.29 is 19.1 Å². The maximum absolute atomic E-state index is 12.7. The van der Waals surface area contributed by atoms with E-state index in [0.717, 1.165) is 11.1 Å². The summed E-state index contributed by atoms with van der Waals surface area (Å²) in [5, 5.41) is 0. The summed E-state index contributed by atoms with van der Waals surface area (Å²) >= 11 is 0. The van der Waals surface area contributed by atoms with Crippen molar-refractivity contribution in [3.8, 4) is 0 Å². The van der Waals surface area contributed by atoms with E-state index in [-0.39, 0.29) is 25.1 Å². The van der Waals surface area contributed by atoms with Crippen LogP contribution >= 0.6 is 0 Å². The molecule has 0 N–H and O–H groups in total. The van der Waals surface area contributed by atoms with Crippen molar-refractivity contribution in [1.82, 2.24) is 4.90 Å². The number of carbonyl (C=O) groups excluding carboxylic acids is 2. The van der Waals surface area contributed by atoms with E-state index >= 15 is 0 Å². The molecule has 3 rings (SSSR count). The van der Waals surface area contributed by atoms with Crippen LogP contribution in [0.25, 0.3) is 0 Å². The van der Waals surface area contributed by atoms with Gasteiger partial charge in [-0.2, -0.15) is 0 Å². The molecule has 0 spiro atoms. The molecule has 2 aromatic rings. The van der Waals surface area contributed by atoms with E-state index in [1.807, 2.05) is 60.7 Å². The van der Waals surface area contributed by atoms with E-state index in [4.69, 9.17) is 9.47 Å². The lowest BCUT2D eigenvalue weighted by atomic mass is 10.0. The quantitative estimate of drug-likeness (QED) is 0.757. The number of morpholine rings is 1. The van der Waals surface area contributed by atoms with E-state index in [1.54, 1.807) is 4.90 Å². The second kappa shape index (κ2) is 8.44. The summed E-state index contributed by atoms with van der Waals surface area (Å²) in [7, 11) is 0. The van der Waals surface area contributed by atoms with Gasteiger partial charge in [0.05, 0.1) is 6.61 Å². The zero-order valence-corrected chi connectivity index (χ0v) is 14.0. The summed E-state index contributed by atoms with van der Waals surface area (Å²) in [5.74, 6) is -0.563. The molecule has 130 valence electrons. The van der Waals surface area contributed by atoms with Crippen molar-refractivity contribution in [2.24, 2.45) is 0 Å². The van der Waals surface area contributed by atoms with Gasteiger partial charge in [0.15, 0.2) is 0 Å². The third-order valence-electron chi connectivity index (χ3n) is 4.17. The van der Waals surface area contributed by atoms with Crippen LogP contribution < -0.4 is 0 Å². The van der Waals surface area contributed by atoms with Gasteiger partial charge in [0, 0.05) is 13.0 Å². The maximum atomic E-state index is 12.7. The molecule has 5 nitrogen and oxygen atoms in total. The molecule has 1 unspecified atom stereocenters. The van der Waals surface area contributed by atoms with Crippen LogP contribution in [-0.2, 0) is 32.1 Å². The van der Waals surface area contributed by atoms with Gasteiger partial charge in [-0.15, -0.1) is 0 Å². The van der Waals surface area contributed by atoms with Crippen molar-refractivity contribution in [2.45, 2.75) is 19.1 Å². The molecule has 0 bridgehead atoms. The van der Waals surface area contributed by atoms with Crippen LogP contribution in [-0.4, -0.2) is 42.6 Å². The first-order valence-electron chi connectivity index (χ1n) is 8.36. The number of rotatable bonds is 6. The Labute approximate surface area is 147 Å². The topological polar surface area (TPSA) is 55.8 Å². The normalized spacial score (nSPS) is 15.7. The Balaban J connectivity index is 1.72. The van der Waals surface area contributed by atoms with Gasteiger partial charge in [0.1, 0.15) is 19.3 Å². The zero-order valence-electron chi connectivity index (χ0n) is 14.0. The summed E-state index contributed by atoms with van der Waals surface area (Å²) in [6.07, 6.45) is 0.431. The summed E-state index contributed by atoms with van der Waals surface area (Å²) in [6.45, 7) is 1.04. The zero-order chi connectivity index (χ0) is 17.5. The van der Waals surface area contributed by atoms with E-state index in [9.17, 15) is 9.59 Å². The first kappa shape index (κ1) is 17.2. The van der Waals surface area contributed by atoms with Crippen molar-refractivity contribution in [1.29, 1.82) is 0 Å². The van der Waals surface area contributed by atoms with Crippen LogP contribution in [0.3, 0.4) is 0 Å². The summed E-state index contributed by atoms with van der Waals surface area (Å²) in [4.78, 5) is 26.5. The van der Waals surface area contributed by atoms with E-state index < -0.39 is 6.04 Å².